The molecule has 5 heteroatoms. The van der Waals surface area contributed by atoms with Crippen molar-refractivity contribution in [3.63, 3.8) is 0 Å². The summed E-state index contributed by atoms with van der Waals surface area (Å²) in [6.07, 6.45) is 9.41. The minimum Gasteiger partial charge on any atom is -0.389 e. The molecular formula is C22H27BrO4. The molecule has 3 saturated carbocycles. The highest BCUT2D eigenvalue weighted by Crippen LogP contribution is 2.77. The molecule has 1 heterocycles. The largest absolute Gasteiger partial charge is 0.389 e. The molecule has 1 saturated heterocycles. The van der Waals surface area contributed by atoms with Crippen LogP contribution < -0.4 is 0 Å². The maximum atomic E-state index is 12.8. The molecule has 146 valence electrons. The molecule has 5 rings (SSSR count). The van der Waals surface area contributed by atoms with Crippen LogP contribution in [0.4, 0.5) is 0 Å². The molecule has 4 aliphatic carbocycles. The second-order valence-electron chi connectivity index (χ2n) is 9.81. The molecule has 0 amide bonds. The van der Waals surface area contributed by atoms with Gasteiger partial charge in [0, 0.05) is 5.41 Å². The van der Waals surface area contributed by atoms with Crippen LogP contribution in [0.3, 0.4) is 0 Å². The first-order chi connectivity index (χ1) is 12.6. The number of hydrogen-bond acceptors (Lipinski definition) is 4. The van der Waals surface area contributed by atoms with E-state index in [1.54, 1.807) is 6.08 Å². The van der Waals surface area contributed by atoms with Gasteiger partial charge in [-0.15, -0.1) is 0 Å². The van der Waals surface area contributed by atoms with E-state index < -0.39 is 10.9 Å². The Kier molecular flexibility index (Phi) is 3.53. The van der Waals surface area contributed by atoms with Gasteiger partial charge in [0.25, 0.3) is 0 Å². The quantitative estimate of drug-likeness (QED) is 0.534. The van der Waals surface area contributed by atoms with E-state index in [1.165, 1.54) is 5.57 Å². The van der Waals surface area contributed by atoms with Gasteiger partial charge in [-0.3, -0.25) is 9.59 Å². The number of epoxide rings is 1. The summed E-state index contributed by atoms with van der Waals surface area (Å²) in [5, 5.41) is 9.65. The number of aliphatic hydroxyl groups excluding tert-OH is 1. The van der Waals surface area contributed by atoms with Gasteiger partial charge in [0.2, 0.25) is 0 Å². The predicted octanol–water partition coefficient (Wildman–Crippen LogP) is 3.37. The van der Waals surface area contributed by atoms with Gasteiger partial charge in [0.15, 0.2) is 11.6 Å². The Morgan fingerprint density at radius 2 is 2.11 bits per heavy atom. The van der Waals surface area contributed by atoms with Crippen LogP contribution in [0.5, 0.6) is 0 Å². The maximum absolute atomic E-state index is 12.8. The fourth-order valence-corrected chi connectivity index (χ4v) is 8.43. The van der Waals surface area contributed by atoms with Crippen LogP contribution in [0.1, 0.15) is 46.5 Å². The number of allylic oxidation sites excluding steroid dienone is 2. The third-order valence-electron chi connectivity index (χ3n) is 8.99. The minimum atomic E-state index is -0.688. The number of carbonyl (C=O) groups excluding carboxylic acids is 2. The summed E-state index contributed by atoms with van der Waals surface area (Å²) in [7, 11) is 0. The lowest BCUT2D eigenvalue weighted by Gasteiger charge is -2.55. The molecule has 1 aliphatic heterocycles. The SMILES string of the molecule is C[C@@H]1C[C@H]2[C@@H]3CCC4=CC(=O)C=C[C@]4(C)C34OC4C[C@]2(C)[C@@]1(Br)C(=O)CO. The number of Topliss-reactive ketones (excluding diaryl/α,β-unsaturated/α-hetero) is 1. The second-order valence-corrected chi connectivity index (χ2v) is 11.1. The number of ketones is 2. The first kappa shape index (κ1) is 18.3. The van der Waals surface area contributed by atoms with Crippen LogP contribution in [-0.2, 0) is 14.3 Å². The van der Waals surface area contributed by atoms with Crippen molar-refractivity contribution in [2.24, 2.45) is 28.6 Å². The molecule has 0 aromatic rings. The molecule has 0 radical (unpaired) electrons. The number of alkyl halides is 1. The first-order valence-electron chi connectivity index (χ1n) is 10.1. The fraction of sp³-hybridized carbons (Fsp3) is 0.727. The second kappa shape index (κ2) is 5.22. The Morgan fingerprint density at radius 3 is 2.81 bits per heavy atom. The zero-order chi connectivity index (χ0) is 19.4. The van der Waals surface area contributed by atoms with Gasteiger partial charge in [-0.2, -0.15) is 0 Å². The van der Waals surface area contributed by atoms with Gasteiger partial charge in [-0.05, 0) is 67.9 Å². The topological polar surface area (TPSA) is 66.9 Å². The van der Waals surface area contributed by atoms with Crippen LogP contribution >= 0.6 is 15.9 Å². The summed E-state index contributed by atoms with van der Waals surface area (Å²) in [5.41, 5.74) is 0.517. The van der Waals surface area contributed by atoms with E-state index in [4.69, 9.17) is 4.74 Å². The van der Waals surface area contributed by atoms with Crippen molar-refractivity contribution in [3.8, 4) is 0 Å². The van der Waals surface area contributed by atoms with Crippen molar-refractivity contribution in [2.75, 3.05) is 6.61 Å². The Morgan fingerprint density at radius 1 is 1.37 bits per heavy atom. The molecule has 8 atom stereocenters. The van der Waals surface area contributed by atoms with E-state index in [9.17, 15) is 14.7 Å². The van der Waals surface area contributed by atoms with Crippen molar-refractivity contribution >= 4 is 27.5 Å². The zero-order valence-corrected chi connectivity index (χ0v) is 17.7. The molecule has 4 nitrogen and oxygen atoms in total. The monoisotopic (exact) mass is 434 g/mol. The number of fused-ring (bicyclic) bond motifs is 3. The number of ether oxygens (including phenoxy) is 1. The lowest BCUT2D eigenvalue weighted by Crippen LogP contribution is -2.60. The molecule has 0 bridgehead atoms. The van der Waals surface area contributed by atoms with Gasteiger partial charge in [0.1, 0.15) is 12.2 Å². The van der Waals surface area contributed by atoms with Crippen molar-refractivity contribution in [2.45, 2.75) is 62.5 Å². The number of halogens is 1. The summed E-state index contributed by atoms with van der Waals surface area (Å²) < 4.78 is 5.84. The van der Waals surface area contributed by atoms with Crippen molar-refractivity contribution < 1.29 is 19.4 Å². The van der Waals surface area contributed by atoms with Crippen LogP contribution in [0.15, 0.2) is 23.8 Å². The molecule has 1 spiro atoms. The van der Waals surface area contributed by atoms with E-state index in [1.807, 2.05) is 6.08 Å². The number of aliphatic hydroxyl groups is 1. The summed E-state index contributed by atoms with van der Waals surface area (Å²) in [6.45, 7) is 6.17. The number of carbonyl (C=O) groups is 2. The van der Waals surface area contributed by atoms with Gasteiger partial charge >= 0.3 is 0 Å². The third kappa shape index (κ3) is 1.83. The lowest BCUT2D eigenvalue weighted by atomic mass is 9.47. The van der Waals surface area contributed by atoms with E-state index in [0.717, 1.165) is 25.7 Å². The lowest BCUT2D eigenvalue weighted by molar-refractivity contribution is -0.129. The summed E-state index contributed by atoms with van der Waals surface area (Å²) in [5.74, 6) is 0.895. The van der Waals surface area contributed by atoms with Crippen LogP contribution in [0.25, 0.3) is 0 Å². The smallest absolute Gasteiger partial charge is 0.178 e. The Bertz CT molecular complexity index is 817. The molecule has 1 N–H and O–H groups in total. The molecular weight excluding hydrogens is 408 g/mol. The van der Waals surface area contributed by atoms with Gasteiger partial charge < -0.3 is 9.84 Å². The van der Waals surface area contributed by atoms with Gasteiger partial charge in [0.05, 0.1) is 10.4 Å². The summed E-state index contributed by atoms with van der Waals surface area (Å²) in [4.78, 5) is 24.8. The van der Waals surface area contributed by atoms with Crippen LogP contribution in [0.2, 0.25) is 0 Å². The molecule has 0 aromatic heterocycles. The van der Waals surface area contributed by atoms with E-state index in [0.29, 0.717) is 11.8 Å². The van der Waals surface area contributed by atoms with E-state index >= 15 is 0 Å². The summed E-state index contributed by atoms with van der Waals surface area (Å²) in [6, 6.07) is 0. The standard InChI is InChI=1S/C22H27BrO4/c1-12-8-16-15-5-4-13-9-14(25)6-7-19(13,2)22(15)18(27-22)10-20(16,3)21(12,23)17(26)11-24/h6-7,9,12,15-16,18,24H,4-5,8,10-11H2,1-3H3/t12-,15+,16+,18?,19+,20+,21+,22?/m1/s1. The first-order valence-corrected chi connectivity index (χ1v) is 10.9. The minimum absolute atomic E-state index is 0.0812. The van der Waals surface area contributed by atoms with Gasteiger partial charge in [-0.25, -0.2) is 0 Å². The molecule has 2 unspecified atom stereocenters. The molecule has 27 heavy (non-hydrogen) atoms. The van der Waals surface area contributed by atoms with Crippen LogP contribution in [0, 0.1) is 28.6 Å². The Hall–Kier alpha value is -0.780. The van der Waals surface area contributed by atoms with Crippen LogP contribution in [-0.4, -0.2) is 39.3 Å². The maximum Gasteiger partial charge on any atom is 0.178 e. The molecule has 4 fully saturated rings. The van der Waals surface area contributed by atoms with Crippen molar-refractivity contribution in [1.29, 1.82) is 0 Å². The zero-order valence-electron chi connectivity index (χ0n) is 16.1. The molecule has 0 aromatic carbocycles. The Labute approximate surface area is 168 Å². The average molecular weight is 435 g/mol. The van der Waals surface area contributed by atoms with E-state index in [2.05, 4.69) is 42.8 Å². The van der Waals surface area contributed by atoms with Crippen molar-refractivity contribution in [1.82, 2.24) is 0 Å². The Balaban J connectivity index is 1.60. The van der Waals surface area contributed by atoms with E-state index in [-0.39, 0.29) is 40.0 Å². The fourth-order valence-electron chi connectivity index (χ4n) is 7.66. The number of hydrogen-bond donors (Lipinski definition) is 1. The third-order valence-corrected chi connectivity index (χ3v) is 11.1. The predicted molar refractivity (Wildman–Crippen MR) is 104 cm³/mol. The highest BCUT2D eigenvalue weighted by Gasteiger charge is 2.81. The van der Waals surface area contributed by atoms with Crippen molar-refractivity contribution in [3.05, 3.63) is 23.8 Å². The number of rotatable bonds is 2. The highest BCUT2D eigenvalue weighted by molar-refractivity contribution is 9.10. The summed E-state index contributed by atoms with van der Waals surface area (Å²) >= 11 is 3.85. The average Bonchev–Trinajstić information content (AvgIpc) is 3.31. The highest BCUT2D eigenvalue weighted by atomic mass is 79.9. The van der Waals surface area contributed by atoms with Gasteiger partial charge in [-0.1, -0.05) is 41.4 Å². The molecule has 5 aliphatic rings. The normalized spacial score (nSPS) is 55.1.